The summed E-state index contributed by atoms with van der Waals surface area (Å²) in [6.07, 6.45) is 6.57. The third kappa shape index (κ3) is 3.29. The number of primary amides is 1. The van der Waals surface area contributed by atoms with Crippen LogP contribution < -0.4 is 11.1 Å². The van der Waals surface area contributed by atoms with Gasteiger partial charge in [0.25, 0.3) is 0 Å². The number of carbonyl (C=O) groups is 1. The van der Waals surface area contributed by atoms with Crippen molar-refractivity contribution in [3.05, 3.63) is 0 Å². The molecule has 0 aromatic heterocycles. The number of fused-ring (bicyclic) bond motifs is 2. The summed E-state index contributed by atoms with van der Waals surface area (Å²) in [4.78, 5) is 13.8. The molecule has 0 aromatic rings. The summed E-state index contributed by atoms with van der Waals surface area (Å²) in [6.45, 7) is 3.99. The lowest BCUT2D eigenvalue weighted by atomic mass is 9.88. The molecular weight excluding hydrogens is 238 g/mol. The van der Waals surface area contributed by atoms with Crippen LogP contribution in [0.25, 0.3) is 0 Å². The van der Waals surface area contributed by atoms with E-state index >= 15 is 0 Å². The molecule has 4 nitrogen and oxygen atoms in total. The molecule has 0 saturated heterocycles. The van der Waals surface area contributed by atoms with Crippen LogP contribution in [-0.4, -0.2) is 43.5 Å². The van der Waals surface area contributed by atoms with E-state index in [9.17, 15) is 4.79 Å². The fraction of sp³-hybridized carbons (Fsp3) is 0.933. The maximum absolute atomic E-state index is 11.5. The van der Waals surface area contributed by atoms with Crippen molar-refractivity contribution in [3.63, 3.8) is 0 Å². The molecule has 2 aliphatic carbocycles. The van der Waals surface area contributed by atoms with Crippen LogP contribution in [0.5, 0.6) is 0 Å². The molecule has 4 atom stereocenters. The summed E-state index contributed by atoms with van der Waals surface area (Å²) >= 11 is 0. The standard InChI is InChI=1S/C15H29N3O/c1-15(17-2,14(16)19)6-7-18(3)10-13-9-11-4-5-12(13)8-11/h11-13,17H,4-10H2,1-3H3,(H2,16,19). The van der Waals surface area contributed by atoms with E-state index in [0.29, 0.717) is 0 Å². The lowest BCUT2D eigenvalue weighted by Crippen LogP contribution is -2.53. The zero-order valence-electron chi connectivity index (χ0n) is 12.6. The van der Waals surface area contributed by atoms with Crippen LogP contribution in [0.1, 0.15) is 39.0 Å². The Labute approximate surface area is 117 Å². The molecule has 0 heterocycles. The van der Waals surface area contributed by atoms with E-state index in [0.717, 1.165) is 30.7 Å². The highest BCUT2D eigenvalue weighted by molar-refractivity contribution is 5.84. The molecular formula is C15H29N3O. The van der Waals surface area contributed by atoms with Gasteiger partial charge in [0, 0.05) is 13.1 Å². The Morgan fingerprint density at radius 1 is 1.42 bits per heavy atom. The molecule has 0 radical (unpaired) electrons. The van der Waals surface area contributed by atoms with Gasteiger partial charge in [0.1, 0.15) is 0 Å². The van der Waals surface area contributed by atoms with Gasteiger partial charge >= 0.3 is 0 Å². The molecule has 4 heteroatoms. The molecule has 3 N–H and O–H groups in total. The van der Waals surface area contributed by atoms with E-state index in [1.54, 1.807) is 7.05 Å². The van der Waals surface area contributed by atoms with E-state index in [1.165, 1.54) is 32.2 Å². The molecule has 0 aromatic carbocycles. The molecule has 2 fully saturated rings. The fourth-order valence-electron chi connectivity index (χ4n) is 3.88. The van der Waals surface area contributed by atoms with Crippen LogP contribution in [0.2, 0.25) is 0 Å². The molecule has 19 heavy (non-hydrogen) atoms. The van der Waals surface area contributed by atoms with Crippen LogP contribution >= 0.6 is 0 Å². The van der Waals surface area contributed by atoms with Gasteiger partial charge < -0.3 is 16.0 Å². The highest BCUT2D eigenvalue weighted by Gasteiger charge is 2.39. The van der Waals surface area contributed by atoms with E-state index in [4.69, 9.17) is 5.73 Å². The first kappa shape index (κ1) is 14.8. The van der Waals surface area contributed by atoms with E-state index in [-0.39, 0.29) is 5.91 Å². The second kappa shape index (κ2) is 5.80. The number of nitrogens with two attached hydrogens (primary N) is 1. The summed E-state index contributed by atoms with van der Waals surface area (Å²) in [5.41, 5.74) is 4.88. The van der Waals surface area contributed by atoms with Gasteiger partial charge in [-0.3, -0.25) is 4.79 Å². The first-order valence-electron chi connectivity index (χ1n) is 7.62. The number of carbonyl (C=O) groups excluding carboxylic acids is 1. The summed E-state index contributed by atoms with van der Waals surface area (Å²) < 4.78 is 0. The topological polar surface area (TPSA) is 58.4 Å². The molecule has 1 amide bonds. The van der Waals surface area contributed by atoms with Crippen molar-refractivity contribution in [2.24, 2.45) is 23.5 Å². The quantitative estimate of drug-likeness (QED) is 0.729. The molecule has 4 unspecified atom stereocenters. The summed E-state index contributed by atoms with van der Waals surface area (Å²) in [6, 6.07) is 0. The van der Waals surface area contributed by atoms with Gasteiger partial charge in [-0.2, -0.15) is 0 Å². The number of hydrogen-bond acceptors (Lipinski definition) is 3. The number of amides is 1. The number of nitrogens with zero attached hydrogens (tertiary/aromatic N) is 1. The van der Waals surface area contributed by atoms with Crippen LogP contribution in [0.4, 0.5) is 0 Å². The molecule has 2 saturated carbocycles. The van der Waals surface area contributed by atoms with Gasteiger partial charge in [0.15, 0.2) is 0 Å². The predicted molar refractivity (Wildman–Crippen MR) is 77.7 cm³/mol. The second-order valence-electron chi connectivity index (χ2n) is 6.89. The Morgan fingerprint density at radius 3 is 2.63 bits per heavy atom. The van der Waals surface area contributed by atoms with Gasteiger partial charge in [-0.05, 0) is 64.5 Å². The Bertz CT molecular complexity index is 333. The normalized spacial score (nSPS) is 32.7. The maximum atomic E-state index is 11.5. The first-order chi connectivity index (χ1) is 8.94. The van der Waals surface area contributed by atoms with Crippen molar-refractivity contribution in [2.45, 2.75) is 44.6 Å². The number of nitrogens with one attached hydrogen (secondary N) is 1. The van der Waals surface area contributed by atoms with Gasteiger partial charge in [0.2, 0.25) is 5.91 Å². The minimum atomic E-state index is -0.580. The smallest absolute Gasteiger partial charge is 0.237 e. The second-order valence-corrected chi connectivity index (χ2v) is 6.89. The monoisotopic (exact) mass is 267 g/mol. The van der Waals surface area contributed by atoms with Crippen molar-refractivity contribution in [2.75, 3.05) is 27.2 Å². The predicted octanol–water partition coefficient (Wildman–Crippen LogP) is 1.21. The van der Waals surface area contributed by atoms with Crippen LogP contribution in [0, 0.1) is 17.8 Å². The summed E-state index contributed by atoms with van der Waals surface area (Å²) in [7, 11) is 3.98. The van der Waals surface area contributed by atoms with E-state index < -0.39 is 5.54 Å². The van der Waals surface area contributed by atoms with Gasteiger partial charge in [-0.15, -0.1) is 0 Å². The first-order valence-corrected chi connectivity index (χ1v) is 7.62. The number of likely N-dealkylation sites (N-methyl/N-ethyl adjacent to an activating group) is 1. The minimum absolute atomic E-state index is 0.261. The molecule has 0 spiro atoms. The van der Waals surface area contributed by atoms with Crippen LogP contribution in [-0.2, 0) is 4.79 Å². The summed E-state index contributed by atoms with van der Waals surface area (Å²) in [5.74, 6) is 2.61. The lowest BCUT2D eigenvalue weighted by Gasteiger charge is -2.31. The maximum Gasteiger partial charge on any atom is 0.237 e. The Morgan fingerprint density at radius 2 is 2.16 bits per heavy atom. The van der Waals surface area contributed by atoms with E-state index in [2.05, 4.69) is 17.3 Å². The number of hydrogen-bond donors (Lipinski definition) is 2. The Hall–Kier alpha value is -0.610. The molecule has 2 bridgehead atoms. The Kier molecular flexibility index (Phi) is 4.51. The van der Waals surface area contributed by atoms with Crippen molar-refractivity contribution in [1.29, 1.82) is 0 Å². The minimum Gasteiger partial charge on any atom is -0.368 e. The zero-order valence-corrected chi connectivity index (χ0v) is 12.6. The lowest BCUT2D eigenvalue weighted by molar-refractivity contribution is -0.124. The van der Waals surface area contributed by atoms with Crippen molar-refractivity contribution in [3.8, 4) is 0 Å². The van der Waals surface area contributed by atoms with Crippen molar-refractivity contribution in [1.82, 2.24) is 10.2 Å². The summed E-state index contributed by atoms with van der Waals surface area (Å²) in [5, 5.41) is 3.05. The average Bonchev–Trinajstić information content (AvgIpc) is 2.97. The molecule has 0 aliphatic heterocycles. The van der Waals surface area contributed by atoms with E-state index in [1.807, 2.05) is 6.92 Å². The van der Waals surface area contributed by atoms with Crippen LogP contribution in [0.15, 0.2) is 0 Å². The molecule has 2 aliphatic rings. The Balaban J connectivity index is 1.75. The van der Waals surface area contributed by atoms with Crippen molar-refractivity contribution < 1.29 is 4.79 Å². The molecule has 2 rings (SSSR count). The molecule has 110 valence electrons. The third-order valence-electron chi connectivity index (χ3n) is 5.52. The van der Waals surface area contributed by atoms with Gasteiger partial charge in [-0.25, -0.2) is 0 Å². The van der Waals surface area contributed by atoms with Crippen molar-refractivity contribution >= 4 is 5.91 Å². The largest absolute Gasteiger partial charge is 0.368 e. The van der Waals surface area contributed by atoms with Gasteiger partial charge in [0.05, 0.1) is 5.54 Å². The van der Waals surface area contributed by atoms with Crippen LogP contribution in [0.3, 0.4) is 0 Å². The highest BCUT2D eigenvalue weighted by Crippen LogP contribution is 2.48. The average molecular weight is 267 g/mol. The third-order valence-corrected chi connectivity index (χ3v) is 5.52. The highest BCUT2D eigenvalue weighted by atomic mass is 16.1. The SMILES string of the molecule is CNC(C)(CCN(C)CC1CC2CCC1C2)C(N)=O. The zero-order chi connectivity index (χ0) is 14.0. The van der Waals surface area contributed by atoms with Gasteiger partial charge in [-0.1, -0.05) is 6.42 Å². The number of rotatable bonds is 7. The fourth-order valence-corrected chi connectivity index (χ4v) is 3.88.